The molecule has 0 radical (unpaired) electrons. The normalized spacial score (nSPS) is 13.9. The summed E-state index contributed by atoms with van der Waals surface area (Å²) in [5.41, 5.74) is 1.03. The van der Waals surface area contributed by atoms with E-state index in [-0.39, 0.29) is 37.0 Å². The van der Waals surface area contributed by atoms with Crippen LogP contribution in [0.1, 0.15) is 36.7 Å². The lowest BCUT2D eigenvalue weighted by Crippen LogP contribution is -2.49. The molecule has 0 bridgehead atoms. The van der Waals surface area contributed by atoms with Crippen molar-refractivity contribution in [3.05, 3.63) is 27.9 Å². The number of amides is 1. The summed E-state index contributed by atoms with van der Waals surface area (Å²) in [6.07, 6.45) is 0.931. The van der Waals surface area contributed by atoms with E-state index < -0.39 is 5.97 Å². The zero-order chi connectivity index (χ0) is 23.3. The Bertz CT molecular complexity index is 1020. The summed E-state index contributed by atoms with van der Waals surface area (Å²) < 4.78 is 9.76. The summed E-state index contributed by atoms with van der Waals surface area (Å²) in [5.74, 6) is -0.549. The van der Waals surface area contributed by atoms with Gasteiger partial charge in [0.2, 0.25) is 5.91 Å². The third kappa shape index (κ3) is 5.58. The van der Waals surface area contributed by atoms with Gasteiger partial charge in [0.25, 0.3) is 0 Å². The van der Waals surface area contributed by atoms with E-state index in [1.54, 1.807) is 24.0 Å². The van der Waals surface area contributed by atoms with Gasteiger partial charge in [0.1, 0.15) is 0 Å². The first-order chi connectivity index (χ1) is 15.3. The first-order valence-electron chi connectivity index (χ1n) is 10.3. The van der Waals surface area contributed by atoms with Crippen molar-refractivity contribution < 1.29 is 23.9 Å². The molecule has 0 spiro atoms. The van der Waals surface area contributed by atoms with E-state index in [0.29, 0.717) is 59.5 Å². The topological polar surface area (TPSA) is 102 Å². The number of hydrogen-bond acceptors (Lipinski definition) is 8. The Balaban J connectivity index is 1.76. The summed E-state index contributed by atoms with van der Waals surface area (Å²) in [6, 6.07) is 3.16. The molecule has 1 aromatic carbocycles. The van der Waals surface area contributed by atoms with Crippen LogP contribution in [0.15, 0.2) is 12.1 Å². The van der Waals surface area contributed by atoms with Crippen LogP contribution in [0, 0.1) is 0 Å². The zero-order valence-electron chi connectivity index (χ0n) is 17.9. The number of fused-ring (bicyclic) bond motifs is 1. The average Bonchev–Trinajstić information content (AvgIpc) is 2.79. The smallest absolute Gasteiger partial charge is 0.360 e. The van der Waals surface area contributed by atoms with Crippen LogP contribution < -0.4 is 4.90 Å². The molecule has 3 rings (SSSR count). The van der Waals surface area contributed by atoms with Gasteiger partial charge in [-0.05, 0) is 25.5 Å². The second-order valence-corrected chi connectivity index (χ2v) is 7.98. The van der Waals surface area contributed by atoms with Crippen LogP contribution >= 0.6 is 23.2 Å². The number of aromatic nitrogens is 2. The third-order valence-corrected chi connectivity index (χ3v) is 5.81. The molecule has 1 fully saturated rings. The first-order valence-corrected chi connectivity index (χ1v) is 11.0. The Kier molecular flexibility index (Phi) is 8.09. The lowest BCUT2D eigenvalue weighted by molar-refractivity contribution is -0.140. The molecule has 1 aliphatic rings. The predicted octanol–water partition coefficient (Wildman–Crippen LogP) is 3.11. The van der Waals surface area contributed by atoms with Gasteiger partial charge >= 0.3 is 11.9 Å². The van der Waals surface area contributed by atoms with Crippen molar-refractivity contribution in [2.24, 2.45) is 0 Å². The molecule has 0 aliphatic carbocycles. The van der Waals surface area contributed by atoms with E-state index in [2.05, 4.69) is 14.7 Å². The summed E-state index contributed by atoms with van der Waals surface area (Å²) in [4.78, 5) is 48.9. The van der Waals surface area contributed by atoms with Crippen molar-refractivity contribution in [3.63, 3.8) is 0 Å². The lowest BCUT2D eigenvalue weighted by atomic mass is 10.2. The van der Waals surface area contributed by atoms with Crippen molar-refractivity contribution in [3.8, 4) is 0 Å². The maximum atomic E-state index is 12.6. The highest BCUT2D eigenvalue weighted by Gasteiger charge is 2.27. The molecule has 2 aromatic rings. The number of ether oxygens (including phenoxy) is 2. The highest BCUT2D eigenvalue weighted by atomic mass is 35.5. The first kappa shape index (κ1) is 24.0. The quantitative estimate of drug-likeness (QED) is 0.554. The van der Waals surface area contributed by atoms with Crippen LogP contribution in [0.4, 0.5) is 5.82 Å². The molecule has 0 unspecified atom stereocenters. The van der Waals surface area contributed by atoms with Crippen molar-refractivity contribution in [2.75, 3.05) is 44.8 Å². The molecule has 32 heavy (non-hydrogen) atoms. The molecular weight excluding hydrogens is 459 g/mol. The van der Waals surface area contributed by atoms with Crippen molar-refractivity contribution >= 4 is 57.9 Å². The minimum Gasteiger partial charge on any atom is -0.469 e. The van der Waals surface area contributed by atoms with Crippen LogP contribution in [-0.2, 0) is 19.1 Å². The minimum atomic E-state index is -0.579. The highest BCUT2D eigenvalue weighted by molar-refractivity contribution is 6.42. The van der Waals surface area contributed by atoms with Crippen LogP contribution in [0.25, 0.3) is 11.0 Å². The number of piperazine rings is 1. The van der Waals surface area contributed by atoms with Crippen molar-refractivity contribution in [2.45, 2.75) is 26.2 Å². The van der Waals surface area contributed by atoms with Gasteiger partial charge in [-0.15, -0.1) is 0 Å². The Labute approximate surface area is 195 Å². The van der Waals surface area contributed by atoms with E-state index in [4.69, 9.17) is 27.9 Å². The van der Waals surface area contributed by atoms with Crippen LogP contribution in [-0.4, -0.2) is 72.6 Å². The van der Waals surface area contributed by atoms with Crippen LogP contribution in [0.3, 0.4) is 0 Å². The van der Waals surface area contributed by atoms with E-state index in [0.717, 1.165) is 0 Å². The lowest BCUT2D eigenvalue weighted by Gasteiger charge is -2.36. The Morgan fingerprint density at radius 2 is 1.62 bits per heavy atom. The van der Waals surface area contributed by atoms with E-state index in [9.17, 15) is 14.4 Å². The molecule has 11 heteroatoms. The molecule has 0 atom stereocenters. The zero-order valence-corrected chi connectivity index (χ0v) is 19.4. The molecule has 9 nitrogen and oxygen atoms in total. The third-order valence-electron chi connectivity index (χ3n) is 5.09. The van der Waals surface area contributed by atoms with Crippen molar-refractivity contribution in [1.82, 2.24) is 14.9 Å². The summed E-state index contributed by atoms with van der Waals surface area (Å²) in [7, 11) is 1.33. The molecule has 172 valence electrons. The minimum absolute atomic E-state index is 0.0230. The standard InChI is InChI=1S/C21H24Cl2N4O5/c1-3-32-21(30)19-20(25-16-12-14(23)13(22)11-15(16)24-19)27-9-7-26(8-10-27)17(28)5-4-6-18(29)31-2/h11-12H,3-10H2,1-2H3. The summed E-state index contributed by atoms with van der Waals surface area (Å²) >= 11 is 12.2. The summed E-state index contributed by atoms with van der Waals surface area (Å²) in [5, 5.41) is 0.654. The fourth-order valence-corrected chi connectivity index (χ4v) is 3.73. The van der Waals surface area contributed by atoms with Crippen LogP contribution in [0.2, 0.25) is 10.0 Å². The second-order valence-electron chi connectivity index (χ2n) is 7.17. The van der Waals surface area contributed by atoms with Gasteiger partial charge < -0.3 is 19.3 Å². The average molecular weight is 483 g/mol. The number of rotatable bonds is 7. The predicted molar refractivity (Wildman–Crippen MR) is 120 cm³/mol. The molecular formula is C21H24Cl2N4O5. The van der Waals surface area contributed by atoms with Gasteiger partial charge in [0.15, 0.2) is 11.5 Å². The fraction of sp³-hybridized carbons (Fsp3) is 0.476. The fourth-order valence-electron chi connectivity index (χ4n) is 3.41. The number of hydrogen-bond donors (Lipinski definition) is 0. The highest BCUT2D eigenvalue weighted by Crippen LogP contribution is 2.29. The van der Waals surface area contributed by atoms with E-state index in [1.807, 2.05) is 4.90 Å². The number of nitrogens with zero attached hydrogens (tertiary/aromatic N) is 4. The summed E-state index contributed by atoms with van der Waals surface area (Å²) in [6.45, 7) is 3.77. The monoisotopic (exact) mass is 482 g/mol. The molecule has 1 saturated heterocycles. The number of halogens is 2. The number of carbonyl (C=O) groups excluding carboxylic acids is 3. The molecule has 1 aromatic heterocycles. The Morgan fingerprint density at radius 1 is 1.00 bits per heavy atom. The number of benzene rings is 1. The van der Waals surface area contributed by atoms with Gasteiger partial charge in [-0.2, -0.15) is 0 Å². The van der Waals surface area contributed by atoms with Gasteiger partial charge in [-0.3, -0.25) is 9.59 Å². The van der Waals surface area contributed by atoms with Crippen molar-refractivity contribution in [1.29, 1.82) is 0 Å². The number of anilines is 1. The van der Waals surface area contributed by atoms with E-state index in [1.165, 1.54) is 7.11 Å². The Morgan fingerprint density at radius 3 is 2.22 bits per heavy atom. The number of methoxy groups -OCH3 is 1. The molecule has 0 N–H and O–H groups in total. The number of esters is 2. The molecule has 0 saturated carbocycles. The van der Waals surface area contributed by atoms with E-state index >= 15 is 0 Å². The maximum absolute atomic E-state index is 12.6. The van der Waals surface area contributed by atoms with Gasteiger partial charge in [0.05, 0.1) is 34.8 Å². The van der Waals surface area contributed by atoms with Crippen LogP contribution in [0.5, 0.6) is 0 Å². The molecule has 1 amide bonds. The SMILES string of the molecule is CCOC(=O)c1nc2cc(Cl)c(Cl)cc2nc1N1CCN(C(=O)CCCC(=O)OC)CC1. The van der Waals surface area contributed by atoms with Gasteiger partial charge in [-0.25, -0.2) is 14.8 Å². The Hall–Kier alpha value is -2.65. The van der Waals surface area contributed by atoms with Gasteiger partial charge in [0, 0.05) is 39.0 Å². The second kappa shape index (κ2) is 10.8. The largest absolute Gasteiger partial charge is 0.469 e. The molecule has 1 aliphatic heterocycles. The number of carbonyl (C=O) groups is 3. The maximum Gasteiger partial charge on any atom is 0.360 e. The van der Waals surface area contributed by atoms with Gasteiger partial charge in [-0.1, -0.05) is 23.2 Å². The molecule has 2 heterocycles.